The number of aryl methyl sites for hydroxylation is 1. The fraction of sp³-hybridized carbons (Fsp3) is 0.357. The van der Waals surface area contributed by atoms with Crippen molar-refractivity contribution in [3.63, 3.8) is 0 Å². The van der Waals surface area contributed by atoms with Crippen LogP contribution in [0.3, 0.4) is 0 Å². The number of nitrogens with zero attached hydrogens (tertiary/aromatic N) is 4. The standard InChI is InChI=1S/C14H20N6.HI/c1-15-14(17-10-13-19-18-11-20(13)2)16-9-8-12-6-4-3-5-7-12;/h3-7,11H,8-10H2,1-2H3,(H2,15,16,17);1H. The number of hydrogen-bond donors (Lipinski definition) is 2. The predicted molar refractivity (Wildman–Crippen MR) is 94.8 cm³/mol. The molecule has 6 nitrogen and oxygen atoms in total. The van der Waals surface area contributed by atoms with Crippen LogP contribution in [-0.2, 0) is 20.0 Å². The Kier molecular flexibility index (Phi) is 7.73. The third-order valence-electron chi connectivity index (χ3n) is 2.99. The van der Waals surface area contributed by atoms with Gasteiger partial charge in [0.2, 0.25) is 0 Å². The summed E-state index contributed by atoms with van der Waals surface area (Å²) in [5.74, 6) is 1.64. The Hall–Kier alpha value is -1.64. The van der Waals surface area contributed by atoms with Crippen molar-refractivity contribution < 1.29 is 0 Å². The van der Waals surface area contributed by atoms with Gasteiger partial charge in [0.25, 0.3) is 0 Å². The number of hydrogen-bond acceptors (Lipinski definition) is 3. The molecule has 2 aromatic rings. The van der Waals surface area contributed by atoms with E-state index >= 15 is 0 Å². The smallest absolute Gasteiger partial charge is 0.191 e. The van der Waals surface area contributed by atoms with Gasteiger partial charge in [0.15, 0.2) is 11.8 Å². The summed E-state index contributed by atoms with van der Waals surface area (Å²) in [7, 11) is 3.68. The first kappa shape index (κ1) is 17.4. The van der Waals surface area contributed by atoms with E-state index in [1.165, 1.54) is 5.56 Å². The van der Waals surface area contributed by atoms with E-state index in [1.54, 1.807) is 13.4 Å². The molecular formula is C14H21IN6. The van der Waals surface area contributed by atoms with Crippen molar-refractivity contribution in [1.82, 2.24) is 25.4 Å². The molecule has 2 N–H and O–H groups in total. The highest BCUT2D eigenvalue weighted by Crippen LogP contribution is 1.98. The van der Waals surface area contributed by atoms with Crippen molar-refractivity contribution >= 4 is 29.9 Å². The Morgan fingerprint density at radius 1 is 1.24 bits per heavy atom. The molecule has 0 aliphatic rings. The molecule has 0 atom stereocenters. The van der Waals surface area contributed by atoms with Gasteiger partial charge in [0.05, 0.1) is 6.54 Å². The van der Waals surface area contributed by atoms with E-state index in [9.17, 15) is 0 Å². The first-order chi connectivity index (χ1) is 9.79. The van der Waals surface area contributed by atoms with Crippen LogP contribution in [0.4, 0.5) is 0 Å². The molecule has 0 saturated carbocycles. The first-order valence-electron chi connectivity index (χ1n) is 6.61. The molecule has 0 aliphatic heterocycles. The van der Waals surface area contributed by atoms with Gasteiger partial charge >= 0.3 is 0 Å². The molecule has 0 saturated heterocycles. The Labute approximate surface area is 142 Å². The molecule has 114 valence electrons. The van der Waals surface area contributed by atoms with E-state index in [1.807, 2.05) is 17.7 Å². The van der Waals surface area contributed by atoms with E-state index in [0.717, 1.165) is 24.7 Å². The van der Waals surface area contributed by atoms with Crippen LogP contribution >= 0.6 is 24.0 Å². The number of nitrogens with one attached hydrogen (secondary N) is 2. The molecule has 0 spiro atoms. The Balaban J connectivity index is 0.00000220. The van der Waals surface area contributed by atoms with E-state index in [-0.39, 0.29) is 24.0 Å². The molecule has 0 radical (unpaired) electrons. The highest BCUT2D eigenvalue weighted by molar-refractivity contribution is 14.0. The molecule has 0 unspecified atom stereocenters. The molecule has 1 aromatic heterocycles. The third-order valence-corrected chi connectivity index (χ3v) is 2.99. The first-order valence-corrected chi connectivity index (χ1v) is 6.61. The molecule has 0 aliphatic carbocycles. The molecular weight excluding hydrogens is 379 g/mol. The van der Waals surface area contributed by atoms with Crippen molar-refractivity contribution in [1.29, 1.82) is 0 Å². The number of benzene rings is 1. The quantitative estimate of drug-likeness (QED) is 0.452. The molecule has 21 heavy (non-hydrogen) atoms. The average Bonchev–Trinajstić information content (AvgIpc) is 2.89. The third kappa shape index (κ3) is 5.70. The van der Waals surface area contributed by atoms with Crippen LogP contribution in [0.2, 0.25) is 0 Å². The Morgan fingerprint density at radius 3 is 2.62 bits per heavy atom. The number of halogens is 1. The van der Waals surface area contributed by atoms with E-state index < -0.39 is 0 Å². The van der Waals surface area contributed by atoms with Gasteiger partial charge in [0.1, 0.15) is 6.33 Å². The maximum Gasteiger partial charge on any atom is 0.191 e. The fourth-order valence-electron chi connectivity index (χ4n) is 1.82. The summed E-state index contributed by atoms with van der Waals surface area (Å²) < 4.78 is 1.88. The minimum atomic E-state index is 0. The summed E-state index contributed by atoms with van der Waals surface area (Å²) in [6.07, 6.45) is 2.65. The largest absolute Gasteiger partial charge is 0.356 e. The zero-order valence-corrected chi connectivity index (χ0v) is 14.6. The van der Waals surface area contributed by atoms with E-state index in [4.69, 9.17) is 0 Å². The number of guanidine groups is 1. The maximum absolute atomic E-state index is 4.19. The number of aromatic nitrogens is 3. The van der Waals surface area contributed by atoms with Crippen LogP contribution in [0.1, 0.15) is 11.4 Å². The van der Waals surface area contributed by atoms with Crippen molar-refractivity contribution in [2.75, 3.05) is 13.6 Å². The van der Waals surface area contributed by atoms with Crippen LogP contribution < -0.4 is 10.6 Å². The molecule has 0 bridgehead atoms. The monoisotopic (exact) mass is 400 g/mol. The summed E-state index contributed by atoms with van der Waals surface area (Å²) >= 11 is 0. The van der Waals surface area contributed by atoms with Crippen LogP contribution in [0.25, 0.3) is 0 Å². The minimum absolute atomic E-state index is 0. The van der Waals surface area contributed by atoms with Crippen molar-refractivity contribution in [2.24, 2.45) is 12.0 Å². The molecule has 1 heterocycles. The SMILES string of the molecule is CN=C(NCCc1ccccc1)NCc1nncn1C.I. The van der Waals surface area contributed by atoms with E-state index in [2.05, 4.69) is 50.1 Å². The van der Waals surface area contributed by atoms with Gasteiger partial charge in [-0.25, -0.2) is 0 Å². The van der Waals surface area contributed by atoms with Crippen LogP contribution in [0.15, 0.2) is 41.7 Å². The molecule has 7 heteroatoms. The van der Waals surface area contributed by atoms with Crippen LogP contribution in [0.5, 0.6) is 0 Å². The molecule has 2 rings (SSSR count). The minimum Gasteiger partial charge on any atom is -0.356 e. The van der Waals surface area contributed by atoms with Gasteiger partial charge in [0, 0.05) is 20.6 Å². The topological polar surface area (TPSA) is 67.1 Å². The lowest BCUT2D eigenvalue weighted by Gasteiger charge is -2.11. The lowest BCUT2D eigenvalue weighted by molar-refractivity contribution is 0.723. The predicted octanol–water partition coefficient (Wildman–Crippen LogP) is 1.34. The van der Waals surface area contributed by atoms with E-state index in [0.29, 0.717) is 6.54 Å². The highest BCUT2D eigenvalue weighted by Gasteiger charge is 2.02. The van der Waals surface area contributed by atoms with Gasteiger partial charge in [-0.05, 0) is 12.0 Å². The van der Waals surface area contributed by atoms with Gasteiger partial charge in [-0.1, -0.05) is 30.3 Å². The van der Waals surface area contributed by atoms with Crippen LogP contribution in [0, 0.1) is 0 Å². The van der Waals surface area contributed by atoms with Crippen molar-refractivity contribution in [3.8, 4) is 0 Å². The van der Waals surface area contributed by atoms with Gasteiger partial charge in [-0.15, -0.1) is 34.2 Å². The van der Waals surface area contributed by atoms with Gasteiger partial charge in [-0.2, -0.15) is 0 Å². The summed E-state index contributed by atoms with van der Waals surface area (Å²) in [5, 5.41) is 14.4. The summed E-state index contributed by atoms with van der Waals surface area (Å²) in [6, 6.07) is 10.4. The lowest BCUT2D eigenvalue weighted by atomic mass is 10.1. The molecule has 1 aromatic carbocycles. The highest BCUT2D eigenvalue weighted by atomic mass is 127. The van der Waals surface area contributed by atoms with Crippen LogP contribution in [-0.4, -0.2) is 34.3 Å². The second-order valence-corrected chi connectivity index (χ2v) is 4.45. The van der Waals surface area contributed by atoms with Gasteiger partial charge in [-0.3, -0.25) is 4.99 Å². The summed E-state index contributed by atoms with van der Waals surface area (Å²) in [5.41, 5.74) is 1.31. The second kappa shape index (κ2) is 9.32. The zero-order chi connectivity index (χ0) is 14.2. The fourth-order valence-corrected chi connectivity index (χ4v) is 1.82. The summed E-state index contributed by atoms with van der Waals surface area (Å²) in [6.45, 7) is 1.43. The average molecular weight is 400 g/mol. The second-order valence-electron chi connectivity index (χ2n) is 4.45. The molecule has 0 amide bonds. The lowest BCUT2D eigenvalue weighted by Crippen LogP contribution is -2.38. The van der Waals surface area contributed by atoms with Crippen molar-refractivity contribution in [2.45, 2.75) is 13.0 Å². The van der Waals surface area contributed by atoms with Crippen molar-refractivity contribution in [3.05, 3.63) is 48.0 Å². The summed E-state index contributed by atoms with van der Waals surface area (Å²) in [4.78, 5) is 4.19. The molecule has 0 fully saturated rings. The number of rotatable bonds is 5. The van der Waals surface area contributed by atoms with Gasteiger partial charge < -0.3 is 15.2 Å². The maximum atomic E-state index is 4.19. The normalized spacial score (nSPS) is 10.9. The zero-order valence-electron chi connectivity index (χ0n) is 12.3. The Morgan fingerprint density at radius 2 is 2.00 bits per heavy atom. The number of aliphatic imine (C=N–C) groups is 1. The Bertz CT molecular complexity index is 552.